The second kappa shape index (κ2) is 15.3. The fourth-order valence-electron chi connectivity index (χ4n) is 8.37. The highest BCUT2D eigenvalue weighted by atomic mass is 16.7. The summed E-state index contributed by atoms with van der Waals surface area (Å²) >= 11 is 0. The molecule has 3 aliphatic heterocycles. The Morgan fingerprint density at radius 1 is 1.11 bits per heavy atom. The van der Waals surface area contributed by atoms with Gasteiger partial charge in [-0.3, -0.25) is 19.5 Å². The van der Waals surface area contributed by atoms with Crippen LogP contribution in [0.4, 0.5) is 0 Å². The summed E-state index contributed by atoms with van der Waals surface area (Å²) in [6, 6.07) is 3.97. The molecule has 0 aliphatic carbocycles. The van der Waals surface area contributed by atoms with Crippen LogP contribution in [0.15, 0.2) is 24.5 Å². The van der Waals surface area contributed by atoms with Gasteiger partial charge in [0.25, 0.3) is 0 Å². The van der Waals surface area contributed by atoms with Gasteiger partial charge in [0.15, 0.2) is 12.1 Å². The average Bonchev–Trinajstić information content (AvgIpc) is 3.02. The number of likely N-dealkylation sites (N-methyl/N-ethyl adjacent to an activating group) is 2. The van der Waals surface area contributed by atoms with Crippen LogP contribution in [0.5, 0.6) is 0 Å². The van der Waals surface area contributed by atoms with Crippen LogP contribution in [0.1, 0.15) is 79.7 Å². The van der Waals surface area contributed by atoms with Crippen LogP contribution < -0.4 is 0 Å². The van der Waals surface area contributed by atoms with Crippen LogP contribution in [-0.2, 0) is 30.2 Å². The average molecular weight is 659 g/mol. The molecular weight excluding hydrogens is 596 g/mol. The van der Waals surface area contributed by atoms with E-state index in [9.17, 15) is 14.7 Å². The lowest BCUT2D eigenvalue weighted by Gasteiger charge is -2.48. The number of aliphatic hydroxyl groups is 1. The maximum Gasteiger partial charge on any atom is 0.319 e. The Morgan fingerprint density at radius 2 is 1.79 bits per heavy atom. The van der Waals surface area contributed by atoms with Gasteiger partial charge in [-0.25, -0.2) is 0 Å². The predicted octanol–water partition coefficient (Wildman–Crippen LogP) is 4.04. The number of hydrogen-bond acceptors (Lipinski definition) is 10. The second-order valence-corrected chi connectivity index (χ2v) is 16.3. The van der Waals surface area contributed by atoms with Crippen LogP contribution in [0.2, 0.25) is 0 Å². The Hall–Kier alpha value is -1.95. The van der Waals surface area contributed by atoms with E-state index in [0.29, 0.717) is 6.42 Å². The van der Waals surface area contributed by atoms with Crippen LogP contribution in [0, 0.1) is 22.7 Å². The molecule has 0 saturated carbocycles. The monoisotopic (exact) mass is 658 g/mol. The third-order valence-electron chi connectivity index (χ3n) is 11.3. The summed E-state index contributed by atoms with van der Waals surface area (Å²) in [6.07, 6.45) is 5.43. The first kappa shape index (κ1) is 37.9. The van der Waals surface area contributed by atoms with Gasteiger partial charge in [0.1, 0.15) is 18.1 Å². The smallest absolute Gasteiger partial charge is 0.319 e. The lowest BCUT2D eigenvalue weighted by Crippen LogP contribution is -2.58. The molecule has 3 fully saturated rings. The molecule has 1 aromatic heterocycles. The number of carbonyl (C=O) groups is 2. The molecule has 0 amide bonds. The van der Waals surface area contributed by atoms with Crippen molar-refractivity contribution in [1.29, 1.82) is 0 Å². The molecule has 1 aromatic rings. The number of carbonyl (C=O) groups excluding carboxylic acids is 2. The van der Waals surface area contributed by atoms with Crippen LogP contribution in [-0.4, -0.2) is 127 Å². The number of esters is 1. The van der Waals surface area contributed by atoms with E-state index in [-0.39, 0.29) is 36.0 Å². The molecule has 1 spiro atoms. The summed E-state index contributed by atoms with van der Waals surface area (Å²) in [5.41, 5.74) is -0.918. The minimum Gasteiger partial charge on any atom is -0.463 e. The molecule has 4 rings (SSSR count). The van der Waals surface area contributed by atoms with Gasteiger partial charge in [-0.1, -0.05) is 33.8 Å². The lowest BCUT2D eigenvalue weighted by atomic mass is 9.69. The molecule has 3 saturated heterocycles. The van der Waals surface area contributed by atoms with Gasteiger partial charge in [-0.2, -0.15) is 0 Å². The number of aliphatic hydroxyl groups excluding tert-OH is 1. The first-order valence-electron chi connectivity index (χ1n) is 17.7. The quantitative estimate of drug-likeness (QED) is 0.356. The van der Waals surface area contributed by atoms with Gasteiger partial charge in [-0.05, 0) is 97.0 Å². The number of nitrogens with zero attached hydrogens (tertiary/aromatic N) is 4. The Labute approximate surface area is 283 Å². The second-order valence-electron chi connectivity index (χ2n) is 16.3. The van der Waals surface area contributed by atoms with Crippen molar-refractivity contribution in [3.63, 3.8) is 0 Å². The minimum absolute atomic E-state index is 0.114. The number of hydrogen-bond donors (Lipinski definition) is 1. The molecule has 0 unspecified atom stereocenters. The van der Waals surface area contributed by atoms with Gasteiger partial charge >= 0.3 is 5.97 Å². The summed E-state index contributed by atoms with van der Waals surface area (Å²) in [5, 5.41) is 11.3. The predicted molar refractivity (Wildman–Crippen MR) is 183 cm³/mol. The van der Waals surface area contributed by atoms with Crippen molar-refractivity contribution in [1.82, 2.24) is 19.7 Å². The molecule has 7 atom stereocenters. The molecule has 266 valence electrons. The van der Waals surface area contributed by atoms with E-state index in [0.717, 1.165) is 51.9 Å². The molecule has 10 nitrogen and oxygen atoms in total. The number of cyclic esters (lactones) is 1. The molecule has 47 heavy (non-hydrogen) atoms. The zero-order valence-corrected chi connectivity index (χ0v) is 30.7. The third-order valence-corrected chi connectivity index (χ3v) is 11.3. The number of pyridine rings is 1. The summed E-state index contributed by atoms with van der Waals surface area (Å²) in [6.45, 7) is 17.6. The van der Waals surface area contributed by atoms with Gasteiger partial charge in [0, 0.05) is 50.5 Å². The highest BCUT2D eigenvalue weighted by Crippen LogP contribution is 2.42. The lowest BCUT2D eigenvalue weighted by molar-refractivity contribution is -0.285. The van der Waals surface area contributed by atoms with Crippen molar-refractivity contribution in [3.8, 4) is 0 Å². The zero-order valence-electron chi connectivity index (χ0n) is 30.7. The summed E-state index contributed by atoms with van der Waals surface area (Å²) in [5.74, 6) is -1.09. The normalized spacial score (nSPS) is 34.3. The van der Waals surface area contributed by atoms with Gasteiger partial charge in [0.2, 0.25) is 0 Å². The summed E-state index contributed by atoms with van der Waals surface area (Å²) in [4.78, 5) is 39.2. The first-order chi connectivity index (χ1) is 22.0. The molecule has 10 heteroatoms. The number of piperidine rings is 1. The maximum atomic E-state index is 14.3. The number of rotatable bonds is 6. The number of ketones is 1. The minimum atomic E-state index is -1.37. The Balaban J connectivity index is 1.56. The van der Waals surface area contributed by atoms with Crippen LogP contribution >= 0.6 is 0 Å². The SMILES string of the molecule is C[C@H]1CN(C)C2(CCN(CCc3cccnc3)CC2)COC(=O)C(C)(C)C(=O)[C@H](C)[C@@H](O[C@@H]2O[C@H](C)C[C@H](N(C)C)[C@H]2O)C(C)(C)C1. The van der Waals surface area contributed by atoms with E-state index in [2.05, 4.69) is 48.7 Å². The molecule has 0 bridgehead atoms. The van der Waals surface area contributed by atoms with Gasteiger partial charge in [-0.15, -0.1) is 0 Å². The standard InChI is InChI=1S/C37H62N4O6/c1-25-21-35(4,5)32(47-33-30(42)29(39(8)9)20-26(2)46-33)27(3)31(43)36(6,7)34(44)45-24-37(40(10)23-25)14-18-41(19-15-37)17-13-28-12-11-16-38-22-28/h11-12,16,22,25-27,29-30,32-33,42H,13-15,17-21,23-24H2,1-10H3/t25-,26-,27+,29+,30-,32-,33+/m1/s1. The molecule has 3 aliphatic rings. The summed E-state index contributed by atoms with van der Waals surface area (Å²) in [7, 11) is 6.05. The van der Waals surface area contributed by atoms with Crippen molar-refractivity contribution < 1.29 is 28.9 Å². The first-order valence-corrected chi connectivity index (χ1v) is 17.7. The van der Waals surface area contributed by atoms with E-state index < -0.39 is 41.2 Å². The van der Waals surface area contributed by atoms with Crippen molar-refractivity contribution in [2.75, 3.05) is 53.9 Å². The maximum absolute atomic E-state index is 14.3. The van der Waals surface area contributed by atoms with E-state index in [1.807, 2.05) is 45.1 Å². The van der Waals surface area contributed by atoms with Crippen molar-refractivity contribution in [3.05, 3.63) is 30.1 Å². The Morgan fingerprint density at radius 3 is 2.40 bits per heavy atom. The molecule has 0 radical (unpaired) electrons. The van der Waals surface area contributed by atoms with Crippen molar-refractivity contribution in [2.45, 2.75) is 117 Å². The Kier molecular flexibility index (Phi) is 12.3. The molecule has 4 heterocycles. The number of aromatic nitrogens is 1. The van der Waals surface area contributed by atoms with Gasteiger partial charge < -0.3 is 29.1 Å². The van der Waals surface area contributed by atoms with Crippen molar-refractivity contribution >= 4 is 11.8 Å². The highest BCUT2D eigenvalue weighted by molar-refractivity contribution is 6.04. The molecular formula is C37H62N4O6. The fourth-order valence-corrected chi connectivity index (χ4v) is 8.37. The number of likely N-dealkylation sites (tertiary alicyclic amines) is 1. The number of Topliss-reactive ketones (excluding diaryl/α,β-unsaturated/α-hetero) is 1. The van der Waals surface area contributed by atoms with Crippen molar-refractivity contribution in [2.24, 2.45) is 22.7 Å². The third kappa shape index (κ3) is 8.81. The molecule has 0 aromatic carbocycles. The van der Waals surface area contributed by atoms with Crippen LogP contribution in [0.3, 0.4) is 0 Å². The fraction of sp³-hybridized carbons (Fsp3) is 0.811. The number of ether oxygens (including phenoxy) is 3. The largest absolute Gasteiger partial charge is 0.463 e. The van der Waals surface area contributed by atoms with E-state index in [1.165, 1.54) is 5.56 Å². The Bertz CT molecular complexity index is 1180. The van der Waals surface area contributed by atoms with Gasteiger partial charge in [0.05, 0.1) is 17.7 Å². The topological polar surface area (TPSA) is 105 Å². The highest BCUT2D eigenvalue weighted by Gasteiger charge is 2.51. The van der Waals surface area contributed by atoms with Crippen LogP contribution in [0.25, 0.3) is 0 Å². The van der Waals surface area contributed by atoms with E-state index >= 15 is 0 Å². The summed E-state index contributed by atoms with van der Waals surface area (Å²) < 4.78 is 19.0. The molecule has 1 N–H and O–H groups in total. The zero-order chi connectivity index (χ0) is 34.7. The van der Waals surface area contributed by atoms with E-state index in [1.54, 1.807) is 20.0 Å². The van der Waals surface area contributed by atoms with E-state index in [4.69, 9.17) is 14.2 Å².